The van der Waals surface area contributed by atoms with Gasteiger partial charge in [0.2, 0.25) is 0 Å². The van der Waals surface area contributed by atoms with Crippen molar-refractivity contribution in [2.75, 3.05) is 0 Å². The summed E-state index contributed by atoms with van der Waals surface area (Å²) in [6.07, 6.45) is 6.63. The first kappa shape index (κ1) is 9.20. The summed E-state index contributed by atoms with van der Waals surface area (Å²) in [5.41, 5.74) is 1.48. The molecule has 1 nitrogen and oxygen atoms in total. The Hall–Kier alpha value is -0.0500. The maximum atomic E-state index is 6.02. The predicted molar refractivity (Wildman–Crippen MR) is 61.2 cm³/mol. The number of hydrogen-bond donors (Lipinski definition) is 1. The summed E-state index contributed by atoms with van der Waals surface area (Å²) < 4.78 is 0.954. The van der Waals surface area contributed by atoms with E-state index in [2.05, 4.69) is 11.4 Å². The molecule has 3 heteroatoms. The molecule has 0 amide bonds. The van der Waals surface area contributed by atoms with Gasteiger partial charge in [-0.2, -0.15) is 0 Å². The number of hydrogen-bond acceptors (Lipinski definition) is 2. The van der Waals surface area contributed by atoms with Crippen LogP contribution in [0.4, 0.5) is 0 Å². The highest BCUT2D eigenvalue weighted by molar-refractivity contribution is 7.16. The first-order chi connectivity index (χ1) is 6.83. The zero-order valence-electron chi connectivity index (χ0n) is 8.05. The minimum absolute atomic E-state index is 0.596. The molecule has 2 aliphatic carbocycles. The van der Waals surface area contributed by atoms with Crippen molar-refractivity contribution in [1.29, 1.82) is 0 Å². The fourth-order valence-electron chi connectivity index (χ4n) is 2.36. The van der Waals surface area contributed by atoms with Gasteiger partial charge in [-0.3, -0.25) is 0 Å². The Labute approximate surface area is 93.5 Å². The van der Waals surface area contributed by atoms with E-state index in [1.165, 1.54) is 42.5 Å². The third-order valence-corrected chi connectivity index (χ3v) is 4.73. The van der Waals surface area contributed by atoms with E-state index in [1.54, 1.807) is 11.3 Å². The monoisotopic (exact) mass is 227 g/mol. The molecule has 1 N–H and O–H groups in total. The SMILES string of the molecule is Clc1cc2c(s1)CCC2NC1CCC1. The molecule has 0 aliphatic heterocycles. The van der Waals surface area contributed by atoms with Gasteiger partial charge in [0.05, 0.1) is 4.34 Å². The lowest BCUT2D eigenvalue weighted by molar-refractivity contribution is 0.304. The quantitative estimate of drug-likeness (QED) is 0.815. The van der Waals surface area contributed by atoms with Crippen molar-refractivity contribution in [2.24, 2.45) is 0 Å². The lowest BCUT2D eigenvalue weighted by atomic mass is 9.92. The van der Waals surface area contributed by atoms with E-state index in [4.69, 9.17) is 11.6 Å². The molecule has 0 saturated heterocycles. The predicted octanol–water partition coefficient (Wildman–Crippen LogP) is 3.53. The Morgan fingerprint density at radius 3 is 2.93 bits per heavy atom. The van der Waals surface area contributed by atoms with Gasteiger partial charge in [0.15, 0.2) is 0 Å². The van der Waals surface area contributed by atoms with Crippen LogP contribution < -0.4 is 5.32 Å². The molecule has 1 fully saturated rings. The third-order valence-electron chi connectivity index (χ3n) is 3.39. The highest BCUT2D eigenvalue weighted by atomic mass is 35.5. The zero-order chi connectivity index (χ0) is 9.54. The van der Waals surface area contributed by atoms with Gasteiger partial charge in [0, 0.05) is 17.0 Å². The van der Waals surface area contributed by atoms with Crippen LogP contribution in [0.3, 0.4) is 0 Å². The van der Waals surface area contributed by atoms with Crippen molar-refractivity contribution >= 4 is 22.9 Å². The van der Waals surface area contributed by atoms with Crippen molar-refractivity contribution in [3.63, 3.8) is 0 Å². The minimum Gasteiger partial charge on any atom is -0.307 e. The Morgan fingerprint density at radius 2 is 2.21 bits per heavy atom. The molecule has 1 saturated carbocycles. The number of halogens is 1. The zero-order valence-corrected chi connectivity index (χ0v) is 9.63. The van der Waals surface area contributed by atoms with E-state index < -0.39 is 0 Å². The maximum absolute atomic E-state index is 6.02. The van der Waals surface area contributed by atoms with Gasteiger partial charge in [-0.15, -0.1) is 11.3 Å². The second-order valence-corrected chi connectivity index (χ2v) is 6.08. The first-order valence-electron chi connectivity index (χ1n) is 5.37. The van der Waals surface area contributed by atoms with Gasteiger partial charge in [-0.05, 0) is 37.3 Å². The lowest BCUT2D eigenvalue weighted by Gasteiger charge is -2.30. The van der Waals surface area contributed by atoms with Crippen LogP contribution in [0.1, 0.15) is 42.2 Å². The summed E-state index contributed by atoms with van der Waals surface area (Å²) in [5, 5.41) is 3.73. The van der Waals surface area contributed by atoms with E-state index in [1.807, 2.05) is 0 Å². The molecular formula is C11H14ClNS. The van der Waals surface area contributed by atoms with E-state index in [-0.39, 0.29) is 0 Å². The molecule has 0 aromatic carbocycles. The van der Waals surface area contributed by atoms with Crippen LogP contribution in [-0.4, -0.2) is 6.04 Å². The molecule has 1 heterocycles. The topological polar surface area (TPSA) is 12.0 Å². The molecule has 14 heavy (non-hydrogen) atoms. The molecule has 1 unspecified atom stereocenters. The number of nitrogens with one attached hydrogen (secondary N) is 1. The van der Waals surface area contributed by atoms with Gasteiger partial charge >= 0.3 is 0 Å². The van der Waals surface area contributed by atoms with E-state index >= 15 is 0 Å². The van der Waals surface area contributed by atoms with Crippen molar-refractivity contribution in [2.45, 2.75) is 44.2 Å². The van der Waals surface area contributed by atoms with Crippen LogP contribution in [0.15, 0.2) is 6.07 Å². The molecular weight excluding hydrogens is 214 g/mol. The Balaban J connectivity index is 1.75. The summed E-state index contributed by atoms with van der Waals surface area (Å²) in [6.45, 7) is 0. The molecule has 76 valence electrons. The van der Waals surface area contributed by atoms with Crippen molar-refractivity contribution in [3.8, 4) is 0 Å². The summed E-state index contributed by atoms with van der Waals surface area (Å²) in [7, 11) is 0. The smallest absolute Gasteiger partial charge is 0.0934 e. The van der Waals surface area contributed by atoms with Crippen molar-refractivity contribution in [3.05, 3.63) is 20.8 Å². The van der Waals surface area contributed by atoms with Gasteiger partial charge in [0.25, 0.3) is 0 Å². The standard InChI is InChI=1S/C11H14ClNS/c12-11-6-8-9(4-5-10(8)14-11)13-7-2-1-3-7/h6-7,9,13H,1-5H2. The Morgan fingerprint density at radius 1 is 1.36 bits per heavy atom. The average molecular weight is 228 g/mol. The first-order valence-corrected chi connectivity index (χ1v) is 6.56. The van der Waals surface area contributed by atoms with Crippen LogP contribution in [0.5, 0.6) is 0 Å². The summed E-state index contributed by atoms with van der Waals surface area (Å²) in [6, 6.07) is 3.54. The Kier molecular flexibility index (Phi) is 2.31. The second kappa shape index (κ2) is 3.51. The van der Waals surface area contributed by atoms with Crippen LogP contribution in [0, 0.1) is 0 Å². The summed E-state index contributed by atoms with van der Waals surface area (Å²) in [4.78, 5) is 1.51. The molecule has 1 aromatic rings. The highest BCUT2D eigenvalue weighted by Gasteiger charge is 2.28. The van der Waals surface area contributed by atoms with Crippen LogP contribution in [0.2, 0.25) is 4.34 Å². The van der Waals surface area contributed by atoms with Gasteiger partial charge in [-0.1, -0.05) is 18.0 Å². The highest BCUT2D eigenvalue weighted by Crippen LogP contribution is 2.40. The van der Waals surface area contributed by atoms with Crippen molar-refractivity contribution < 1.29 is 0 Å². The van der Waals surface area contributed by atoms with Gasteiger partial charge in [-0.25, -0.2) is 0 Å². The number of aryl methyl sites for hydroxylation is 1. The van der Waals surface area contributed by atoms with Crippen molar-refractivity contribution in [1.82, 2.24) is 5.32 Å². The molecule has 3 rings (SSSR count). The summed E-state index contributed by atoms with van der Waals surface area (Å²) >= 11 is 7.78. The van der Waals surface area contributed by atoms with Crippen LogP contribution >= 0.6 is 22.9 Å². The fraction of sp³-hybridized carbons (Fsp3) is 0.636. The maximum Gasteiger partial charge on any atom is 0.0934 e. The largest absolute Gasteiger partial charge is 0.307 e. The van der Waals surface area contributed by atoms with E-state index in [0.717, 1.165) is 10.4 Å². The number of rotatable bonds is 2. The normalized spacial score (nSPS) is 26.2. The van der Waals surface area contributed by atoms with E-state index in [0.29, 0.717) is 6.04 Å². The molecule has 2 aliphatic rings. The van der Waals surface area contributed by atoms with Gasteiger partial charge < -0.3 is 5.32 Å². The van der Waals surface area contributed by atoms with Crippen LogP contribution in [0.25, 0.3) is 0 Å². The molecule has 1 atom stereocenters. The molecule has 1 aromatic heterocycles. The average Bonchev–Trinajstić information content (AvgIpc) is 2.57. The Bertz CT molecular complexity index is 343. The summed E-state index contributed by atoms with van der Waals surface area (Å²) in [5.74, 6) is 0. The lowest BCUT2D eigenvalue weighted by Crippen LogP contribution is -2.37. The molecule has 0 radical (unpaired) electrons. The van der Waals surface area contributed by atoms with Crippen LogP contribution in [-0.2, 0) is 6.42 Å². The third kappa shape index (κ3) is 1.50. The van der Waals surface area contributed by atoms with E-state index in [9.17, 15) is 0 Å². The molecule has 0 bridgehead atoms. The molecule has 0 spiro atoms. The number of fused-ring (bicyclic) bond motifs is 1. The van der Waals surface area contributed by atoms with Gasteiger partial charge in [0.1, 0.15) is 0 Å². The second-order valence-electron chi connectivity index (χ2n) is 4.31. The fourth-order valence-corrected chi connectivity index (χ4v) is 3.72. The number of thiophene rings is 1. The minimum atomic E-state index is 0.596.